The van der Waals surface area contributed by atoms with Crippen LogP contribution in [0.4, 0.5) is 15.5 Å². The van der Waals surface area contributed by atoms with Crippen LogP contribution in [0.5, 0.6) is 5.75 Å². The number of imide groups is 1. The molecule has 3 N–H and O–H groups in total. The lowest BCUT2D eigenvalue weighted by Crippen LogP contribution is -2.32. The number of aryl methyl sites for hydroxylation is 1. The van der Waals surface area contributed by atoms with Crippen LogP contribution < -0.4 is 20.1 Å². The predicted molar refractivity (Wildman–Crippen MR) is 144 cm³/mol. The third kappa shape index (κ3) is 6.14. The number of fused-ring (bicyclic) bond motifs is 1. The molecule has 2 aromatic carbocycles. The normalized spacial score (nSPS) is 12.7. The number of amides is 3. The summed E-state index contributed by atoms with van der Waals surface area (Å²) in [5, 5.41) is 5.32. The fourth-order valence-corrected chi connectivity index (χ4v) is 6.42. The first-order valence-electron chi connectivity index (χ1n) is 11.9. The van der Waals surface area contributed by atoms with Crippen molar-refractivity contribution in [3.63, 3.8) is 0 Å². The quantitative estimate of drug-likeness (QED) is 0.368. The largest absolute Gasteiger partial charge is 0.497 e. The number of thiophene rings is 1. The maximum atomic E-state index is 13.2. The van der Waals surface area contributed by atoms with E-state index < -0.39 is 27.9 Å². The molecule has 0 fully saturated rings. The number of rotatable bonds is 8. The van der Waals surface area contributed by atoms with Crippen LogP contribution in [-0.4, -0.2) is 40.0 Å². The molecule has 1 heterocycles. The van der Waals surface area contributed by atoms with Gasteiger partial charge in [-0.3, -0.25) is 19.6 Å². The van der Waals surface area contributed by atoms with Gasteiger partial charge >= 0.3 is 6.09 Å². The van der Waals surface area contributed by atoms with E-state index in [0.717, 1.165) is 29.7 Å². The summed E-state index contributed by atoms with van der Waals surface area (Å²) in [5.74, 6) is -0.647. The van der Waals surface area contributed by atoms with E-state index in [1.54, 1.807) is 13.0 Å². The van der Waals surface area contributed by atoms with E-state index >= 15 is 0 Å². The van der Waals surface area contributed by atoms with E-state index in [1.807, 2.05) is 0 Å². The number of alkyl carbamates (subject to hydrolysis) is 1. The maximum absolute atomic E-state index is 13.2. The van der Waals surface area contributed by atoms with Crippen molar-refractivity contribution in [1.29, 1.82) is 0 Å². The molecule has 0 spiro atoms. The average Bonchev–Trinajstić information content (AvgIpc) is 3.26. The summed E-state index contributed by atoms with van der Waals surface area (Å²) in [6.45, 7) is 1.75. The van der Waals surface area contributed by atoms with Crippen LogP contribution in [-0.2, 0) is 27.6 Å². The molecule has 10 nitrogen and oxygen atoms in total. The Morgan fingerprint density at radius 2 is 1.74 bits per heavy atom. The van der Waals surface area contributed by atoms with Crippen molar-refractivity contribution < 1.29 is 32.3 Å². The molecule has 0 unspecified atom stereocenters. The number of ether oxygens (including phenoxy) is 2. The summed E-state index contributed by atoms with van der Waals surface area (Å²) in [5.41, 5.74) is 1.45. The Balaban J connectivity index is 1.55. The van der Waals surface area contributed by atoms with E-state index in [1.165, 1.54) is 60.9 Å². The Hall–Kier alpha value is -3.90. The first-order chi connectivity index (χ1) is 18.2. The van der Waals surface area contributed by atoms with Gasteiger partial charge in [-0.1, -0.05) is 6.07 Å². The molecule has 0 atom stereocenters. The molecule has 0 saturated carbocycles. The van der Waals surface area contributed by atoms with Crippen LogP contribution in [0.1, 0.15) is 50.9 Å². The van der Waals surface area contributed by atoms with Crippen molar-refractivity contribution in [2.75, 3.05) is 23.8 Å². The van der Waals surface area contributed by atoms with E-state index in [-0.39, 0.29) is 28.3 Å². The molecule has 3 amide bonds. The van der Waals surface area contributed by atoms with Gasteiger partial charge in [-0.2, -0.15) is 0 Å². The molecule has 12 heteroatoms. The highest BCUT2D eigenvalue weighted by Crippen LogP contribution is 2.38. The minimum atomic E-state index is -3.91. The van der Waals surface area contributed by atoms with Gasteiger partial charge in [-0.15, -0.1) is 11.3 Å². The van der Waals surface area contributed by atoms with Crippen LogP contribution >= 0.6 is 11.3 Å². The number of anilines is 2. The van der Waals surface area contributed by atoms with Crippen molar-refractivity contribution in [1.82, 2.24) is 5.32 Å². The summed E-state index contributed by atoms with van der Waals surface area (Å²) in [6, 6.07) is 11.9. The number of hydrogen-bond acceptors (Lipinski definition) is 8. The van der Waals surface area contributed by atoms with Gasteiger partial charge in [0.15, 0.2) is 0 Å². The van der Waals surface area contributed by atoms with Crippen molar-refractivity contribution >= 4 is 50.0 Å². The number of methoxy groups -OCH3 is 1. The smallest absolute Gasteiger partial charge is 0.414 e. The van der Waals surface area contributed by atoms with Crippen molar-refractivity contribution in [3.8, 4) is 5.75 Å². The lowest BCUT2D eigenvalue weighted by Gasteiger charge is -2.13. The molecule has 1 aliphatic carbocycles. The Labute approximate surface area is 224 Å². The fourth-order valence-electron chi connectivity index (χ4n) is 4.08. The van der Waals surface area contributed by atoms with Gasteiger partial charge in [0.25, 0.3) is 21.8 Å². The van der Waals surface area contributed by atoms with Gasteiger partial charge in [0, 0.05) is 16.1 Å². The van der Waals surface area contributed by atoms with Crippen molar-refractivity contribution in [2.24, 2.45) is 0 Å². The zero-order valence-corrected chi connectivity index (χ0v) is 22.5. The number of hydrogen-bond donors (Lipinski definition) is 3. The minimum Gasteiger partial charge on any atom is -0.497 e. The monoisotopic (exact) mass is 557 g/mol. The molecule has 38 heavy (non-hydrogen) atoms. The molecule has 1 aromatic heterocycles. The highest BCUT2D eigenvalue weighted by Gasteiger charge is 2.28. The number of carbonyl (C=O) groups excluding carboxylic acids is 3. The van der Waals surface area contributed by atoms with Gasteiger partial charge in [0.1, 0.15) is 10.8 Å². The van der Waals surface area contributed by atoms with Crippen LogP contribution in [0.25, 0.3) is 0 Å². The van der Waals surface area contributed by atoms with Gasteiger partial charge in [-0.05, 0) is 80.6 Å². The third-order valence-corrected chi connectivity index (χ3v) is 8.47. The molecule has 0 aliphatic heterocycles. The third-order valence-electron chi connectivity index (χ3n) is 5.86. The summed E-state index contributed by atoms with van der Waals surface area (Å²) in [4.78, 5) is 39.0. The van der Waals surface area contributed by atoms with Gasteiger partial charge in [0.05, 0.1) is 24.2 Å². The Morgan fingerprint density at radius 1 is 1.00 bits per heavy atom. The summed E-state index contributed by atoms with van der Waals surface area (Å²) < 4.78 is 38.0. The lowest BCUT2D eigenvalue weighted by atomic mass is 9.95. The maximum Gasteiger partial charge on any atom is 0.414 e. The highest BCUT2D eigenvalue weighted by molar-refractivity contribution is 7.92. The van der Waals surface area contributed by atoms with Crippen molar-refractivity contribution in [2.45, 2.75) is 37.5 Å². The number of benzene rings is 2. The van der Waals surface area contributed by atoms with E-state index in [9.17, 15) is 22.8 Å². The SMILES string of the molecule is CCOC(=O)NC(=O)c1c(NC(=O)c2cccc(NS(=O)(=O)c3ccc(OC)cc3)c2)sc2c1CCCC2. The molecular formula is C26H27N3O7S2. The van der Waals surface area contributed by atoms with Gasteiger partial charge in [0.2, 0.25) is 0 Å². The van der Waals surface area contributed by atoms with Crippen molar-refractivity contribution in [3.05, 3.63) is 70.1 Å². The van der Waals surface area contributed by atoms with E-state index in [4.69, 9.17) is 9.47 Å². The zero-order valence-electron chi connectivity index (χ0n) is 20.8. The Bertz CT molecular complexity index is 1460. The Morgan fingerprint density at radius 3 is 2.45 bits per heavy atom. The first kappa shape index (κ1) is 27.1. The van der Waals surface area contributed by atoms with Crippen LogP contribution in [0.15, 0.2) is 53.4 Å². The standard InChI is InChI=1S/C26H27N3O7S2/c1-3-36-26(32)28-24(31)22-20-9-4-5-10-21(20)37-25(22)27-23(30)16-7-6-8-17(15-16)29-38(33,34)19-13-11-18(35-2)12-14-19/h6-8,11-15,29H,3-5,9-10H2,1-2H3,(H,27,30)(H,28,31,32). The molecule has 0 saturated heterocycles. The van der Waals surface area contributed by atoms with Gasteiger partial charge in [-0.25, -0.2) is 13.2 Å². The second kappa shape index (κ2) is 11.7. The van der Waals surface area contributed by atoms with Crippen LogP contribution in [0, 0.1) is 0 Å². The molecule has 200 valence electrons. The first-order valence-corrected chi connectivity index (χ1v) is 14.2. The minimum absolute atomic E-state index is 0.0366. The summed E-state index contributed by atoms with van der Waals surface area (Å²) in [6.07, 6.45) is 2.44. The number of nitrogens with one attached hydrogen (secondary N) is 3. The Kier molecular flexibility index (Phi) is 8.32. The molecule has 3 aromatic rings. The second-order valence-electron chi connectivity index (χ2n) is 8.41. The summed E-state index contributed by atoms with van der Waals surface area (Å²) >= 11 is 1.30. The van der Waals surface area contributed by atoms with Gasteiger partial charge < -0.3 is 14.8 Å². The molecular weight excluding hydrogens is 530 g/mol. The zero-order chi connectivity index (χ0) is 27.3. The van der Waals surface area contributed by atoms with E-state index in [0.29, 0.717) is 17.2 Å². The summed E-state index contributed by atoms with van der Waals surface area (Å²) in [7, 11) is -2.42. The highest BCUT2D eigenvalue weighted by atomic mass is 32.2. The van der Waals surface area contributed by atoms with E-state index in [2.05, 4.69) is 15.4 Å². The molecule has 0 radical (unpaired) electrons. The number of carbonyl (C=O) groups is 3. The molecule has 0 bridgehead atoms. The van der Waals surface area contributed by atoms with Crippen LogP contribution in [0.2, 0.25) is 0 Å². The lowest BCUT2D eigenvalue weighted by molar-refractivity contribution is 0.0925. The fraction of sp³-hybridized carbons (Fsp3) is 0.269. The molecule has 1 aliphatic rings. The topological polar surface area (TPSA) is 140 Å². The molecule has 4 rings (SSSR count). The predicted octanol–water partition coefficient (Wildman–Crippen LogP) is 4.57. The number of sulfonamides is 1. The van der Waals surface area contributed by atoms with Crippen LogP contribution in [0.3, 0.4) is 0 Å². The average molecular weight is 558 g/mol. The second-order valence-corrected chi connectivity index (χ2v) is 11.2.